The van der Waals surface area contributed by atoms with Crippen LogP contribution in [0.25, 0.3) is 11.0 Å². The van der Waals surface area contributed by atoms with Crippen LogP contribution in [0, 0.1) is 0 Å². The normalized spacial score (nSPS) is 10.7. The van der Waals surface area contributed by atoms with Crippen molar-refractivity contribution < 1.29 is 19.4 Å². The van der Waals surface area contributed by atoms with Gasteiger partial charge in [0.15, 0.2) is 5.75 Å². The Balaban J connectivity index is 2.16. The zero-order valence-corrected chi connectivity index (χ0v) is 11.3. The first-order valence-corrected chi connectivity index (χ1v) is 6.35. The number of fused-ring (bicyclic) bond motifs is 1. The third kappa shape index (κ3) is 2.39. The summed E-state index contributed by atoms with van der Waals surface area (Å²) in [6, 6.07) is 11.0. The number of phenolic OH excluding ortho intramolecular Hbond substituents is 2. The number of phenols is 2. The molecule has 0 unspecified atom stereocenters. The first-order chi connectivity index (χ1) is 10.1. The fraction of sp³-hybridized carbons (Fsp3) is 0. The van der Waals surface area contributed by atoms with E-state index >= 15 is 0 Å². The van der Waals surface area contributed by atoms with Crippen molar-refractivity contribution in [3.8, 4) is 23.2 Å². The number of hydrogen-bond donors (Lipinski definition) is 2. The maximum atomic E-state index is 12.0. The smallest absolute Gasteiger partial charge is 0.294 e. The molecule has 0 aliphatic carbocycles. The first-order valence-electron chi connectivity index (χ1n) is 5.97. The average molecular weight is 305 g/mol. The number of ether oxygens (including phenoxy) is 1. The molecule has 0 atom stereocenters. The lowest BCUT2D eigenvalue weighted by Crippen LogP contribution is -2.01. The summed E-state index contributed by atoms with van der Waals surface area (Å²) in [5.41, 5.74) is -0.547. The second-order valence-corrected chi connectivity index (χ2v) is 4.65. The molecule has 0 fully saturated rings. The molecule has 6 heteroatoms. The van der Waals surface area contributed by atoms with Gasteiger partial charge in [-0.15, -0.1) is 0 Å². The minimum absolute atomic E-state index is 0.0205. The Morgan fingerprint density at radius 2 is 1.81 bits per heavy atom. The average Bonchev–Trinajstić information content (AvgIpc) is 2.45. The Labute approximate surface area is 123 Å². The summed E-state index contributed by atoms with van der Waals surface area (Å²) in [5.74, 6) is -0.476. The van der Waals surface area contributed by atoms with E-state index < -0.39 is 11.2 Å². The quantitative estimate of drug-likeness (QED) is 0.755. The van der Waals surface area contributed by atoms with Crippen LogP contribution in [0.3, 0.4) is 0 Å². The molecule has 0 radical (unpaired) electrons. The minimum atomic E-state index is -0.526. The summed E-state index contributed by atoms with van der Waals surface area (Å²) in [7, 11) is 0. The lowest BCUT2D eigenvalue weighted by Gasteiger charge is -2.07. The van der Waals surface area contributed by atoms with E-state index in [0.29, 0.717) is 5.75 Å². The number of aromatic hydroxyl groups is 2. The summed E-state index contributed by atoms with van der Waals surface area (Å²) in [6.07, 6.45) is 0. The maximum absolute atomic E-state index is 12.0. The molecule has 0 aliphatic rings. The second-order valence-electron chi connectivity index (χ2n) is 4.28. The van der Waals surface area contributed by atoms with Crippen LogP contribution in [-0.4, -0.2) is 10.2 Å². The summed E-state index contributed by atoms with van der Waals surface area (Å²) in [5, 5.41) is 19.0. The SMILES string of the molecule is O=c1cc(Oc2ccccc2)oc2cc(O)c(Cl)c(O)c12. The molecule has 3 rings (SSSR count). The van der Waals surface area contributed by atoms with Gasteiger partial charge in [-0.05, 0) is 12.1 Å². The third-order valence-electron chi connectivity index (χ3n) is 2.85. The molecular weight excluding hydrogens is 296 g/mol. The zero-order chi connectivity index (χ0) is 15.0. The molecule has 21 heavy (non-hydrogen) atoms. The molecule has 2 N–H and O–H groups in total. The van der Waals surface area contributed by atoms with Crippen LogP contribution in [-0.2, 0) is 0 Å². The van der Waals surface area contributed by atoms with E-state index in [-0.39, 0.29) is 27.7 Å². The van der Waals surface area contributed by atoms with Crippen LogP contribution in [0.2, 0.25) is 5.02 Å². The van der Waals surface area contributed by atoms with Gasteiger partial charge in [0.2, 0.25) is 5.43 Å². The monoisotopic (exact) mass is 304 g/mol. The molecule has 2 aromatic carbocycles. The molecular formula is C15H9ClO5. The van der Waals surface area contributed by atoms with Gasteiger partial charge in [-0.2, -0.15) is 0 Å². The van der Waals surface area contributed by atoms with Crippen molar-refractivity contribution >= 4 is 22.6 Å². The minimum Gasteiger partial charge on any atom is -0.506 e. The van der Waals surface area contributed by atoms with Gasteiger partial charge in [0, 0.05) is 6.07 Å². The van der Waals surface area contributed by atoms with E-state index in [1.54, 1.807) is 24.3 Å². The number of hydrogen-bond acceptors (Lipinski definition) is 5. The Hall–Kier alpha value is -2.66. The van der Waals surface area contributed by atoms with E-state index in [1.807, 2.05) is 6.07 Å². The molecule has 0 aliphatic heterocycles. The molecule has 0 saturated carbocycles. The predicted molar refractivity (Wildman–Crippen MR) is 77.3 cm³/mol. The lowest BCUT2D eigenvalue weighted by molar-refractivity contribution is 0.352. The van der Waals surface area contributed by atoms with Gasteiger partial charge in [0.25, 0.3) is 5.95 Å². The highest BCUT2D eigenvalue weighted by Gasteiger charge is 2.16. The van der Waals surface area contributed by atoms with Gasteiger partial charge in [0.05, 0.1) is 6.07 Å². The van der Waals surface area contributed by atoms with Crippen molar-refractivity contribution in [2.75, 3.05) is 0 Å². The Morgan fingerprint density at radius 1 is 1.10 bits per heavy atom. The molecule has 0 spiro atoms. The van der Waals surface area contributed by atoms with Gasteiger partial charge in [-0.1, -0.05) is 29.8 Å². The van der Waals surface area contributed by atoms with E-state index in [9.17, 15) is 15.0 Å². The van der Waals surface area contributed by atoms with Crippen molar-refractivity contribution in [3.63, 3.8) is 0 Å². The molecule has 0 saturated heterocycles. The summed E-state index contributed by atoms with van der Waals surface area (Å²) < 4.78 is 10.8. The Kier molecular flexibility index (Phi) is 3.19. The Morgan fingerprint density at radius 3 is 2.52 bits per heavy atom. The molecule has 1 heterocycles. The number of halogens is 1. The van der Waals surface area contributed by atoms with Crippen molar-refractivity contribution in [2.45, 2.75) is 0 Å². The highest BCUT2D eigenvalue weighted by molar-refractivity contribution is 6.34. The topological polar surface area (TPSA) is 79.9 Å². The molecule has 0 bridgehead atoms. The number of rotatable bonds is 2. The third-order valence-corrected chi connectivity index (χ3v) is 3.22. The van der Waals surface area contributed by atoms with Crippen molar-refractivity contribution in [2.24, 2.45) is 0 Å². The van der Waals surface area contributed by atoms with Crippen LogP contribution in [0.1, 0.15) is 0 Å². The van der Waals surface area contributed by atoms with Crippen molar-refractivity contribution in [1.82, 2.24) is 0 Å². The van der Waals surface area contributed by atoms with E-state index in [2.05, 4.69) is 0 Å². The molecule has 5 nitrogen and oxygen atoms in total. The van der Waals surface area contributed by atoms with Crippen LogP contribution in [0.4, 0.5) is 0 Å². The maximum Gasteiger partial charge on any atom is 0.294 e. The largest absolute Gasteiger partial charge is 0.506 e. The van der Waals surface area contributed by atoms with Gasteiger partial charge in [0.1, 0.15) is 27.5 Å². The molecule has 3 aromatic rings. The van der Waals surface area contributed by atoms with E-state index in [0.717, 1.165) is 12.1 Å². The Bertz CT molecular complexity index is 871. The summed E-state index contributed by atoms with van der Waals surface area (Å²) in [4.78, 5) is 12.0. The first kappa shape index (κ1) is 13.3. The number of para-hydroxylation sites is 1. The predicted octanol–water partition coefficient (Wildman–Crippen LogP) is 3.65. The molecule has 0 amide bonds. The second kappa shape index (κ2) is 5.03. The van der Waals surface area contributed by atoms with Gasteiger partial charge in [-0.25, -0.2) is 0 Å². The summed E-state index contributed by atoms with van der Waals surface area (Å²) in [6.45, 7) is 0. The zero-order valence-electron chi connectivity index (χ0n) is 10.5. The van der Waals surface area contributed by atoms with Crippen LogP contribution in [0.15, 0.2) is 51.7 Å². The van der Waals surface area contributed by atoms with Crippen LogP contribution >= 0.6 is 11.6 Å². The van der Waals surface area contributed by atoms with E-state index in [4.69, 9.17) is 20.8 Å². The molecule has 106 valence electrons. The van der Waals surface area contributed by atoms with Gasteiger partial charge in [-0.3, -0.25) is 4.79 Å². The fourth-order valence-corrected chi connectivity index (χ4v) is 2.05. The van der Waals surface area contributed by atoms with Crippen LogP contribution in [0.5, 0.6) is 23.2 Å². The van der Waals surface area contributed by atoms with Crippen LogP contribution < -0.4 is 10.2 Å². The highest BCUT2D eigenvalue weighted by atomic mass is 35.5. The lowest BCUT2D eigenvalue weighted by atomic mass is 10.2. The molecule has 1 aromatic heterocycles. The van der Waals surface area contributed by atoms with Crippen molar-refractivity contribution in [3.05, 3.63) is 57.7 Å². The number of benzene rings is 2. The summed E-state index contributed by atoms with van der Waals surface area (Å²) >= 11 is 5.69. The highest BCUT2D eigenvalue weighted by Crippen LogP contribution is 2.39. The van der Waals surface area contributed by atoms with E-state index in [1.165, 1.54) is 0 Å². The standard InChI is InChI=1S/C15H9ClO5/c16-14-10(18)6-11-13(15(14)19)9(17)7-12(21-11)20-8-4-2-1-3-5-8/h1-7,18-19H. The fourth-order valence-electron chi connectivity index (χ4n) is 1.90. The van der Waals surface area contributed by atoms with Gasteiger partial charge < -0.3 is 19.4 Å². The van der Waals surface area contributed by atoms with Gasteiger partial charge >= 0.3 is 0 Å². The van der Waals surface area contributed by atoms with Crippen molar-refractivity contribution in [1.29, 1.82) is 0 Å².